The predicted molar refractivity (Wildman–Crippen MR) is 50.8 cm³/mol. The maximum atomic E-state index is 3.78. The van der Waals surface area contributed by atoms with Gasteiger partial charge in [0.1, 0.15) is 0 Å². The third kappa shape index (κ3) is 6.07. The number of nitrogens with zero attached hydrogens (tertiary/aromatic N) is 1. The van der Waals surface area contributed by atoms with E-state index in [1.165, 1.54) is 6.42 Å². The Hall–Kier alpha value is -0.340. The van der Waals surface area contributed by atoms with E-state index in [-0.39, 0.29) is 0 Å². The molecule has 1 unspecified atom stereocenters. The van der Waals surface area contributed by atoms with E-state index >= 15 is 0 Å². The van der Waals surface area contributed by atoms with Crippen LogP contribution in [0.3, 0.4) is 0 Å². The van der Waals surface area contributed by atoms with Crippen molar-refractivity contribution in [1.29, 1.82) is 0 Å². The average molecular weight is 156 g/mol. The van der Waals surface area contributed by atoms with E-state index in [1.807, 2.05) is 6.08 Å². The molecule has 0 rings (SSSR count). The first-order chi connectivity index (χ1) is 5.20. The fraction of sp³-hybridized carbons (Fsp3) is 0.778. The Labute approximate surface area is 70.3 Å². The SMILES string of the molecule is C=CC(CN(C)C)NCCC. The fourth-order valence-corrected chi connectivity index (χ4v) is 0.946. The minimum atomic E-state index is 0.435. The number of rotatable bonds is 6. The van der Waals surface area contributed by atoms with E-state index in [4.69, 9.17) is 0 Å². The predicted octanol–water partition coefficient (Wildman–Crippen LogP) is 1.10. The normalized spacial score (nSPS) is 13.5. The van der Waals surface area contributed by atoms with Gasteiger partial charge < -0.3 is 10.2 Å². The molecule has 0 aliphatic carbocycles. The zero-order valence-electron chi connectivity index (χ0n) is 7.93. The molecule has 11 heavy (non-hydrogen) atoms. The molecule has 0 aromatic carbocycles. The molecule has 2 heteroatoms. The second kappa shape index (κ2) is 6.38. The van der Waals surface area contributed by atoms with E-state index in [0.717, 1.165) is 13.1 Å². The van der Waals surface area contributed by atoms with Crippen molar-refractivity contribution in [1.82, 2.24) is 10.2 Å². The van der Waals surface area contributed by atoms with Crippen LogP contribution in [0.15, 0.2) is 12.7 Å². The second-order valence-corrected chi connectivity index (χ2v) is 3.06. The van der Waals surface area contributed by atoms with Gasteiger partial charge >= 0.3 is 0 Å². The molecule has 0 aliphatic heterocycles. The summed E-state index contributed by atoms with van der Waals surface area (Å²) in [5, 5.41) is 3.39. The van der Waals surface area contributed by atoms with Crippen LogP contribution in [0.5, 0.6) is 0 Å². The zero-order chi connectivity index (χ0) is 8.69. The Morgan fingerprint density at radius 1 is 1.55 bits per heavy atom. The molecule has 0 saturated heterocycles. The number of hydrogen-bond donors (Lipinski definition) is 1. The van der Waals surface area contributed by atoms with Gasteiger partial charge in [-0.25, -0.2) is 0 Å². The molecule has 1 N–H and O–H groups in total. The molecule has 0 aromatic rings. The van der Waals surface area contributed by atoms with Crippen LogP contribution < -0.4 is 5.32 Å². The quantitative estimate of drug-likeness (QED) is 0.579. The van der Waals surface area contributed by atoms with Crippen molar-refractivity contribution < 1.29 is 0 Å². The Bertz CT molecular complexity index is 99.7. The van der Waals surface area contributed by atoms with Crippen molar-refractivity contribution >= 4 is 0 Å². The summed E-state index contributed by atoms with van der Waals surface area (Å²) in [6, 6.07) is 0.435. The lowest BCUT2D eigenvalue weighted by Crippen LogP contribution is -2.36. The smallest absolute Gasteiger partial charge is 0.0375 e. The van der Waals surface area contributed by atoms with Crippen LogP contribution in [-0.4, -0.2) is 38.1 Å². The molecule has 0 radical (unpaired) electrons. The molecule has 66 valence electrons. The number of hydrogen-bond acceptors (Lipinski definition) is 2. The maximum absolute atomic E-state index is 3.78. The van der Waals surface area contributed by atoms with Gasteiger partial charge in [0.2, 0.25) is 0 Å². The summed E-state index contributed by atoms with van der Waals surface area (Å²) in [6.07, 6.45) is 3.15. The summed E-state index contributed by atoms with van der Waals surface area (Å²) in [7, 11) is 4.15. The van der Waals surface area contributed by atoms with Crippen molar-refractivity contribution in [3.05, 3.63) is 12.7 Å². The van der Waals surface area contributed by atoms with Crippen LogP contribution in [0.1, 0.15) is 13.3 Å². The first-order valence-corrected chi connectivity index (χ1v) is 4.21. The molecule has 2 nitrogen and oxygen atoms in total. The first kappa shape index (κ1) is 10.7. The highest BCUT2D eigenvalue weighted by atomic mass is 15.1. The summed E-state index contributed by atoms with van der Waals surface area (Å²) < 4.78 is 0. The molecular formula is C9H20N2. The van der Waals surface area contributed by atoms with Gasteiger partial charge in [0.05, 0.1) is 0 Å². The van der Waals surface area contributed by atoms with Crippen LogP contribution in [0, 0.1) is 0 Å². The van der Waals surface area contributed by atoms with Gasteiger partial charge in [0.25, 0.3) is 0 Å². The largest absolute Gasteiger partial charge is 0.309 e. The standard InChI is InChI=1S/C9H20N2/c1-5-7-10-9(6-2)8-11(3)4/h6,9-10H,2,5,7-8H2,1,3-4H3. The van der Waals surface area contributed by atoms with Crippen LogP contribution in [0.25, 0.3) is 0 Å². The third-order valence-electron chi connectivity index (χ3n) is 1.50. The Morgan fingerprint density at radius 2 is 2.18 bits per heavy atom. The molecule has 0 spiro atoms. The van der Waals surface area contributed by atoms with Gasteiger partial charge in [-0.1, -0.05) is 13.0 Å². The highest BCUT2D eigenvalue weighted by Crippen LogP contribution is 1.87. The Balaban J connectivity index is 3.49. The van der Waals surface area contributed by atoms with E-state index in [1.54, 1.807) is 0 Å². The zero-order valence-corrected chi connectivity index (χ0v) is 7.93. The van der Waals surface area contributed by atoms with Crippen LogP contribution in [-0.2, 0) is 0 Å². The van der Waals surface area contributed by atoms with Gasteiger partial charge in [-0.2, -0.15) is 0 Å². The second-order valence-electron chi connectivity index (χ2n) is 3.06. The monoisotopic (exact) mass is 156 g/mol. The van der Waals surface area contributed by atoms with Crippen molar-refractivity contribution in [2.45, 2.75) is 19.4 Å². The summed E-state index contributed by atoms with van der Waals surface area (Å²) in [4.78, 5) is 2.16. The van der Waals surface area contributed by atoms with Crippen molar-refractivity contribution in [3.63, 3.8) is 0 Å². The Kier molecular flexibility index (Phi) is 6.18. The lowest BCUT2D eigenvalue weighted by molar-refractivity contribution is 0.367. The molecular weight excluding hydrogens is 136 g/mol. The molecule has 0 bridgehead atoms. The topological polar surface area (TPSA) is 15.3 Å². The van der Waals surface area contributed by atoms with Gasteiger partial charge in [0.15, 0.2) is 0 Å². The fourth-order valence-electron chi connectivity index (χ4n) is 0.946. The lowest BCUT2D eigenvalue weighted by atomic mass is 10.2. The highest BCUT2D eigenvalue weighted by Gasteiger charge is 2.02. The average Bonchev–Trinajstić information content (AvgIpc) is 1.97. The Morgan fingerprint density at radius 3 is 2.55 bits per heavy atom. The highest BCUT2D eigenvalue weighted by molar-refractivity contribution is 4.86. The van der Waals surface area contributed by atoms with Crippen molar-refractivity contribution in [3.8, 4) is 0 Å². The van der Waals surface area contributed by atoms with E-state index < -0.39 is 0 Å². The van der Waals surface area contributed by atoms with Gasteiger partial charge in [-0.15, -0.1) is 6.58 Å². The van der Waals surface area contributed by atoms with Gasteiger partial charge in [0, 0.05) is 12.6 Å². The van der Waals surface area contributed by atoms with E-state index in [0.29, 0.717) is 6.04 Å². The van der Waals surface area contributed by atoms with Crippen LogP contribution >= 0.6 is 0 Å². The molecule has 0 fully saturated rings. The van der Waals surface area contributed by atoms with Crippen molar-refractivity contribution in [2.24, 2.45) is 0 Å². The number of nitrogens with one attached hydrogen (secondary N) is 1. The molecule has 0 aromatic heterocycles. The summed E-state index contributed by atoms with van der Waals surface area (Å²) in [6.45, 7) is 8.05. The summed E-state index contributed by atoms with van der Waals surface area (Å²) in [5.41, 5.74) is 0. The maximum Gasteiger partial charge on any atom is 0.0375 e. The van der Waals surface area contributed by atoms with Crippen LogP contribution in [0.4, 0.5) is 0 Å². The lowest BCUT2D eigenvalue weighted by Gasteiger charge is -2.18. The van der Waals surface area contributed by atoms with Crippen LogP contribution in [0.2, 0.25) is 0 Å². The summed E-state index contributed by atoms with van der Waals surface area (Å²) in [5.74, 6) is 0. The molecule has 1 atom stereocenters. The number of likely N-dealkylation sites (N-methyl/N-ethyl adjacent to an activating group) is 1. The minimum Gasteiger partial charge on any atom is -0.309 e. The molecule has 0 saturated carbocycles. The van der Waals surface area contributed by atoms with Crippen molar-refractivity contribution in [2.75, 3.05) is 27.2 Å². The van der Waals surface area contributed by atoms with E-state index in [2.05, 4.69) is 37.8 Å². The molecule has 0 aliphatic rings. The minimum absolute atomic E-state index is 0.435. The molecule has 0 amide bonds. The van der Waals surface area contributed by atoms with Gasteiger partial charge in [-0.05, 0) is 27.1 Å². The first-order valence-electron chi connectivity index (χ1n) is 4.21. The van der Waals surface area contributed by atoms with Gasteiger partial charge in [-0.3, -0.25) is 0 Å². The third-order valence-corrected chi connectivity index (χ3v) is 1.50. The van der Waals surface area contributed by atoms with E-state index in [9.17, 15) is 0 Å². The molecule has 0 heterocycles. The summed E-state index contributed by atoms with van der Waals surface area (Å²) >= 11 is 0.